The lowest BCUT2D eigenvalue weighted by atomic mass is 9.90. The largest absolute Gasteiger partial charge is 0.394 e. The minimum atomic E-state index is -0.678. The lowest BCUT2D eigenvalue weighted by Gasteiger charge is -2.36. The van der Waals surface area contributed by atoms with Crippen LogP contribution >= 0.6 is 0 Å². The number of aliphatic hydroxyl groups is 3. The first-order valence-electron chi connectivity index (χ1n) is 5.29. The highest BCUT2D eigenvalue weighted by molar-refractivity contribution is 4.90. The quantitative estimate of drug-likeness (QED) is 0.503. The zero-order chi connectivity index (χ0) is 10.6. The van der Waals surface area contributed by atoms with Crippen LogP contribution in [0.15, 0.2) is 0 Å². The topological polar surface area (TPSA) is 72.7 Å². The molecule has 0 amide bonds. The maximum Gasteiger partial charge on any atom is 0.0693 e. The van der Waals surface area contributed by atoms with E-state index < -0.39 is 5.54 Å². The predicted molar refractivity (Wildman–Crippen MR) is 54.0 cm³/mol. The molecule has 1 aliphatic rings. The summed E-state index contributed by atoms with van der Waals surface area (Å²) in [5.74, 6) is 0. The van der Waals surface area contributed by atoms with Crippen LogP contribution < -0.4 is 5.32 Å². The van der Waals surface area contributed by atoms with Gasteiger partial charge >= 0.3 is 0 Å². The van der Waals surface area contributed by atoms with Crippen molar-refractivity contribution >= 4 is 0 Å². The number of aliphatic hydroxyl groups excluding tert-OH is 3. The van der Waals surface area contributed by atoms with Gasteiger partial charge in [0, 0.05) is 6.04 Å². The minimum absolute atomic E-state index is 0.00745. The van der Waals surface area contributed by atoms with E-state index in [1.807, 2.05) is 0 Å². The van der Waals surface area contributed by atoms with Gasteiger partial charge < -0.3 is 20.6 Å². The Labute approximate surface area is 85.0 Å². The third-order valence-electron chi connectivity index (χ3n) is 2.96. The van der Waals surface area contributed by atoms with Crippen molar-refractivity contribution in [2.24, 2.45) is 0 Å². The van der Waals surface area contributed by atoms with Gasteiger partial charge in [-0.05, 0) is 19.8 Å². The summed E-state index contributed by atoms with van der Waals surface area (Å²) in [7, 11) is 0. The van der Waals surface area contributed by atoms with Gasteiger partial charge in [-0.3, -0.25) is 0 Å². The highest BCUT2D eigenvalue weighted by atomic mass is 16.3. The molecule has 0 aromatic heterocycles. The van der Waals surface area contributed by atoms with E-state index in [2.05, 4.69) is 5.32 Å². The molecule has 0 bridgehead atoms. The first kappa shape index (κ1) is 11.9. The molecule has 2 atom stereocenters. The Morgan fingerprint density at radius 1 is 1.21 bits per heavy atom. The molecule has 0 saturated heterocycles. The van der Waals surface area contributed by atoms with Crippen molar-refractivity contribution in [3.63, 3.8) is 0 Å². The van der Waals surface area contributed by atoms with Gasteiger partial charge in [0.25, 0.3) is 0 Å². The summed E-state index contributed by atoms with van der Waals surface area (Å²) in [5, 5.41) is 31.0. The first-order valence-corrected chi connectivity index (χ1v) is 5.29. The molecule has 0 heterocycles. The lowest BCUT2D eigenvalue weighted by molar-refractivity contribution is 0.0385. The molecular weight excluding hydrogens is 182 g/mol. The van der Waals surface area contributed by atoms with Gasteiger partial charge in [-0.15, -0.1) is 0 Å². The molecule has 0 aromatic rings. The summed E-state index contributed by atoms with van der Waals surface area (Å²) >= 11 is 0. The zero-order valence-electron chi connectivity index (χ0n) is 8.74. The Morgan fingerprint density at radius 2 is 1.79 bits per heavy atom. The van der Waals surface area contributed by atoms with Gasteiger partial charge in [-0.25, -0.2) is 0 Å². The van der Waals surface area contributed by atoms with Crippen LogP contribution in [0.25, 0.3) is 0 Å². The molecule has 0 spiro atoms. The normalized spacial score (nSPS) is 29.1. The fraction of sp³-hybridized carbons (Fsp3) is 1.00. The van der Waals surface area contributed by atoms with E-state index in [4.69, 9.17) is 10.2 Å². The smallest absolute Gasteiger partial charge is 0.0693 e. The average molecular weight is 203 g/mol. The Kier molecular flexibility index (Phi) is 4.31. The van der Waals surface area contributed by atoms with Crippen molar-refractivity contribution in [3.8, 4) is 0 Å². The maximum absolute atomic E-state index is 9.70. The average Bonchev–Trinajstić information content (AvgIpc) is 2.21. The molecule has 14 heavy (non-hydrogen) atoms. The number of rotatable bonds is 4. The number of nitrogens with one attached hydrogen (secondary N) is 1. The van der Waals surface area contributed by atoms with Crippen molar-refractivity contribution in [2.75, 3.05) is 13.2 Å². The van der Waals surface area contributed by atoms with E-state index in [0.717, 1.165) is 25.7 Å². The van der Waals surface area contributed by atoms with Crippen LogP contribution in [0.3, 0.4) is 0 Å². The SMILES string of the molecule is CC(CO)(CO)NC1CCCCC1O. The monoisotopic (exact) mass is 203 g/mol. The standard InChI is InChI=1S/C10H21NO3/c1-10(6-12,7-13)11-8-4-2-3-5-9(8)14/h8-9,11-14H,2-7H2,1H3. The Balaban J connectivity index is 2.48. The number of hydrogen-bond donors (Lipinski definition) is 4. The van der Waals surface area contributed by atoms with Crippen LogP contribution in [0.1, 0.15) is 32.6 Å². The van der Waals surface area contributed by atoms with Gasteiger partial charge in [0.1, 0.15) is 0 Å². The van der Waals surface area contributed by atoms with E-state index in [9.17, 15) is 5.11 Å². The van der Waals surface area contributed by atoms with E-state index in [1.165, 1.54) is 0 Å². The van der Waals surface area contributed by atoms with Gasteiger partial charge in [-0.1, -0.05) is 12.8 Å². The minimum Gasteiger partial charge on any atom is -0.394 e. The van der Waals surface area contributed by atoms with Crippen LogP contribution in [0.2, 0.25) is 0 Å². The molecule has 4 nitrogen and oxygen atoms in total. The van der Waals surface area contributed by atoms with Crippen LogP contribution in [0.4, 0.5) is 0 Å². The molecule has 84 valence electrons. The van der Waals surface area contributed by atoms with E-state index in [0.29, 0.717) is 0 Å². The summed E-state index contributed by atoms with van der Waals surface area (Å²) in [5.41, 5.74) is -0.678. The predicted octanol–water partition coefficient (Wildman–Crippen LogP) is -0.377. The highest BCUT2D eigenvalue weighted by Gasteiger charge is 2.30. The summed E-state index contributed by atoms with van der Waals surface area (Å²) in [6, 6.07) is 0.00745. The van der Waals surface area contributed by atoms with Crippen molar-refractivity contribution in [1.82, 2.24) is 5.32 Å². The molecular formula is C10H21NO3. The molecule has 0 aromatic carbocycles. The Hall–Kier alpha value is -0.160. The molecule has 4 heteroatoms. The number of hydrogen-bond acceptors (Lipinski definition) is 4. The van der Waals surface area contributed by atoms with Crippen LogP contribution in [0.5, 0.6) is 0 Å². The molecule has 1 fully saturated rings. The van der Waals surface area contributed by atoms with Gasteiger partial charge in [0.15, 0.2) is 0 Å². The van der Waals surface area contributed by atoms with E-state index in [-0.39, 0.29) is 25.4 Å². The van der Waals surface area contributed by atoms with Crippen molar-refractivity contribution in [2.45, 2.75) is 50.3 Å². The fourth-order valence-electron chi connectivity index (χ4n) is 1.87. The Morgan fingerprint density at radius 3 is 2.29 bits per heavy atom. The highest BCUT2D eigenvalue weighted by Crippen LogP contribution is 2.20. The summed E-state index contributed by atoms with van der Waals surface area (Å²) in [6.07, 6.45) is 3.54. The van der Waals surface area contributed by atoms with Crippen LogP contribution in [-0.4, -0.2) is 46.2 Å². The molecule has 0 radical (unpaired) electrons. The molecule has 4 N–H and O–H groups in total. The van der Waals surface area contributed by atoms with Crippen LogP contribution in [0, 0.1) is 0 Å². The molecule has 2 unspecified atom stereocenters. The van der Waals surface area contributed by atoms with E-state index >= 15 is 0 Å². The molecule has 0 aliphatic heterocycles. The maximum atomic E-state index is 9.70. The van der Waals surface area contributed by atoms with Gasteiger partial charge in [0.05, 0.1) is 24.9 Å². The molecule has 1 aliphatic carbocycles. The summed E-state index contributed by atoms with van der Waals surface area (Å²) < 4.78 is 0. The molecule has 1 saturated carbocycles. The molecule has 1 rings (SSSR count). The fourth-order valence-corrected chi connectivity index (χ4v) is 1.87. The van der Waals surface area contributed by atoms with E-state index in [1.54, 1.807) is 6.92 Å². The zero-order valence-corrected chi connectivity index (χ0v) is 8.74. The van der Waals surface area contributed by atoms with Gasteiger partial charge in [0.2, 0.25) is 0 Å². The lowest BCUT2D eigenvalue weighted by Crippen LogP contribution is -2.57. The third-order valence-corrected chi connectivity index (χ3v) is 2.96. The summed E-state index contributed by atoms with van der Waals surface area (Å²) in [6.45, 7) is 1.52. The third kappa shape index (κ3) is 2.92. The first-order chi connectivity index (χ1) is 6.61. The second-order valence-corrected chi connectivity index (χ2v) is 4.48. The second kappa shape index (κ2) is 5.07. The summed E-state index contributed by atoms with van der Waals surface area (Å²) in [4.78, 5) is 0. The van der Waals surface area contributed by atoms with Gasteiger partial charge in [-0.2, -0.15) is 0 Å². The van der Waals surface area contributed by atoms with Crippen molar-refractivity contribution in [3.05, 3.63) is 0 Å². The van der Waals surface area contributed by atoms with Crippen LogP contribution in [-0.2, 0) is 0 Å². The van der Waals surface area contributed by atoms with Crippen molar-refractivity contribution in [1.29, 1.82) is 0 Å². The second-order valence-electron chi connectivity index (χ2n) is 4.48. The Bertz CT molecular complexity index is 171. The van der Waals surface area contributed by atoms with Crippen molar-refractivity contribution < 1.29 is 15.3 Å².